The first-order valence-corrected chi connectivity index (χ1v) is 7.84. The summed E-state index contributed by atoms with van der Waals surface area (Å²) in [6.45, 7) is 1.38. The molecule has 2 aromatic rings. The van der Waals surface area contributed by atoms with Crippen molar-refractivity contribution in [3.8, 4) is 17.2 Å². The number of aliphatic hydroxyl groups excluding tert-OH is 1. The van der Waals surface area contributed by atoms with Crippen molar-refractivity contribution < 1.29 is 36.9 Å². The lowest BCUT2D eigenvalue weighted by Crippen LogP contribution is -2.26. The summed E-state index contributed by atoms with van der Waals surface area (Å²) in [7, 11) is 0. The molecule has 1 aliphatic heterocycles. The Morgan fingerprint density at radius 2 is 1.68 bits per heavy atom. The number of halogens is 5. The molecule has 0 bridgehead atoms. The second-order valence-electron chi connectivity index (χ2n) is 5.34. The van der Waals surface area contributed by atoms with Crippen LogP contribution in [0.5, 0.6) is 17.2 Å². The average molecular weight is 423 g/mol. The lowest BCUT2D eigenvalue weighted by molar-refractivity contribution is -0.286. The zero-order valence-corrected chi connectivity index (χ0v) is 14.2. The number of hydrogen-bond donors (Lipinski definition) is 1. The van der Waals surface area contributed by atoms with Crippen molar-refractivity contribution >= 4 is 15.9 Å². The lowest BCUT2D eigenvalue weighted by atomic mass is 10.0. The van der Waals surface area contributed by atoms with Crippen LogP contribution in [0.1, 0.15) is 18.6 Å². The Balaban J connectivity index is 1.79. The van der Waals surface area contributed by atoms with Crippen LogP contribution in [-0.4, -0.2) is 17.5 Å². The van der Waals surface area contributed by atoms with E-state index in [-0.39, 0.29) is 21.5 Å². The third-order valence-electron chi connectivity index (χ3n) is 3.48. The van der Waals surface area contributed by atoms with Crippen molar-refractivity contribution in [2.45, 2.75) is 25.4 Å². The minimum absolute atomic E-state index is 0.158. The molecule has 1 N–H and O–H groups in total. The van der Waals surface area contributed by atoms with E-state index in [1.807, 2.05) is 0 Å². The molecule has 0 unspecified atom stereocenters. The molecule has 0 saturated heterocycles. The summed E-state index contributed by atoms with van der Waals surface area (Å²) < 4.78 is 67.6. The topological polar surface area (TPSA) is 47.9 Å². The van der Waals surface area contributed by atoms with E-state index < -0.39 is 35.9 Å². The van der Waals surface area contributed by atoms with Gasteiger partial charge >= 0.3 is 6.29 Å². The highest BCUT2D eigenvalue weighted by Gasteiger charge is 2.43. The first-order chi connectivity index (χ1) is 11.7. The number of rotatable bonds is 4. The predicted molar refractivity (Wildman–Crippen MR) is 81.8 cm³/mol. The van der Waals surface area contributed by atoms with Gasteiger partial charge in [0.25, 0.3) is 0 Å². The van der Waals surface area contributed by atoms with Crippen LogP contribution in [0.4, 0.5) is 17.6 Å². The Morgan fingerprint density at radius 3 is 2.32 bits per heavy atom. The Kier molecular flexibility index (Phi) is 4.54. The first kappa shape index (κ1) is 17.8. The van der Waals surface area contributed by atoms with E-state index in [2.05, 4.69) is 25.4 Å². The molecule has 0 radical (unpaired) electrons. The van der Waals surface area contributed by atoms with Crippen LogP contribution in [0.15, 0.2) is 34.8 Å². The maximum absolute atomic E-state index is 13.8. The zero-order chi connectivity index (χ0) is 18.4. The summed E-state index contributed by atoms with van der Waals surface area (Å²) >= 11 is 2.94. The summed E-state index contributed by atoms with van der Waals surface area (Å²) in [4.78, 5) is 0. The molecule has 0 amide bonds. The number of aliphatic hydroxyl groups is 1. The molecule has 0 aliphatic carbocycles. The molecule has 1 aliphatic rings. The van der Waals surface area contributed by atoms with Crippen LogP contribution in [0.2, 0.25) is 0 Å². The Hall–Kier alpha value is -2.00. The number of ether oxygens (including phenoxy) is 3. The maximum atomic E-state index is 13.8. The third-order valence-corrected chi connectivity index (χ3v) is 3.94. The van der Waals surface area contributed by atoms with Gasteiger partial charge in [0, 0.05) is 4.47 Å². The second kappa shape index (κ2) is 6.38. The minimum atomic E-state index is -3.78. The van der Waals surface area contributed by atoms with Crippen LogP contribution in [0, 0.1) is 11.6 Å². The van der Waals surface area contributed by atoms with Crippen molar-refractivity contribution in [2.75, 3.05) is 0 Å². The molecule has 25 heavy (non-hydrogen) atoms. The molecule has 134 valence electrons. The van der Waals surface area contributed by atoms with Gasteiger partial charge < -0.3 is 19.3 Å². The van der Waals surface area contributed by atoms with Crippen molar-refractivity contribution in [1.82, 2.24) is 0 Å². The summed E-state index contributed by atoms with van der Waals surface area (Å²) in [5.74, 6) is -2.98. The molecule has 2 aromatic carbocycles. The van der Waals surface area contributed by atoms with E-state index in [1.165, 1.54) is 19.1 Å². The van der Waals surface area contributed by atoms with Crippen molar-refractivity contribution in [1.29, 1.82) is 0 Å². The molecule has 2 atom stereocenters. The fraction of sp³-hybridized carbons (Fsp3) is 0.250. The van der Waals surface area contributed by atoms with Crippen LogP contribution < -0.4 is 14.2 Å². The molecule has 9 heteroatoms. The van der Waals surface area contributed by atoms with E-state index in [9.17, 15) is 22.7 Å². The average Bonchev–Trinajstić information content (AvgIpc) is 2.82. The van der Waals surface area contributed by atoms with Crippen LogP contribution in [-0.2, 0) is 0 Å². The van der Waals surface area contributed by atoms with Crippen molar-refractivity contribution in [3.63, 3.8) is 0 Å². The van der Waals surface area contributed by atoms with Crippen molar-refractivity contribution in [3.05, 3.63) is 52.0 Å². The minimum Gasteiger partial charge on any atom is -0.482 e. The van der Waals surface area contributed by atoms with Crippen LogP contribution >= 0.6 is 15.9 Å². The molecule has 0 aromatic heterocycles. The van der Waals surface area contributed by atoms with Gasteiger partial charge in [0.2, 0.25) is 0 Å². The second-order valence-corrected chi connectivity index (χ2v) is 6.26. The number of benzene rings is 2. The predicted octanol–water partition coefficient (Wildman–Crippen LogP) is 4.55. The lowest BCUT2D eigenvalue weighted by Gasteiger charge is -2.21. The van der Waals surface area contributed by atoms with Crippen molar-refractivity contribution in [2.24, 2.45) is 0 Å². The summed E-state index contributed by atoms with van der Waals surface area (Å²) in [6.07, 6.45) is -6.21. The molecule has 0 fully saturated rings. The van der Waals surface area contributed by atoms with Crippen LogP contribution in [0.3, 0.4) is 0 Å². The van der Waals surface area contributed by atoms with Gasteiger partial charge in [-0.2, -0.15) is 0 Å². The van der Waals surface area contributed by atoms with Gasteiger partial charge in [-0.25, -0.2) is 8.78 Å². The van der Waals surface area contributed by atoms with Gasteiger partial charge in [-0.3, -0.25) is 0 Å². The van der Waals surface area contributed by atoms with E-state index in [1.54, 1.807) is 0 Å². The van der Waals surface area contributed by atoms with E-state index in [0.29, 0.717) is 0 Å². The van der Waals surface area contributed by atoms with E-state index in [0.717, 1.165) is 18.2 Å². The van der Waals surface area contributed by atoms with E-state index in [4.69, 9.17) is 4.74 Å². The molecule has 4 nitrogen and oxygen atoms in total. The van der Waals surface area contributed by atoms with Gasteiger partial charge in [-0.15, -0.1) is 8.78 Å². The molecule has 3 rings (SSSR count). The van der Waals surface area contributed by atoms with Gasteiger partial charge in [0.1, 0.15) is 12.2 Å². The van der Waals surface area contributed by atoms with Gasteiger partial charge in [0.05, 0.1) is 0 Å². The zero-order valence-electron chi connectivity index (χ0n) is 12.6. The standard InChI is InChI=1S/C16H11BrF4O4/c1-7(23-15-10(18)5-9(17)6-11(15)19)14(22)8-2-3-12-13(4-8)25-16(20,21)24-12/h2-7,14,22H,1H3/t7-,14+/m0/s1. The number of hydrogen-bond acceptors (Lipinski definition) is 4. The number of fused-ring (bicyclic) bond motifs is 1. The van der Waals surface area contributed by atoms with Crippen LogP contribution in [0.25, 0.3) is 0 Å². The summed E-state index contributed by atoms with van der Waals surface area (Å²) in [5, 5.41) is 10.3. The highest BCUT2D eigenvalue weighted by molar-refractivity contribution is 9.10. The normalized spacial score (nSPS) is 17.2. The molecule has 1 heterocycles. The fourth-order valence-corrected chi connectivity index (χ4v) is 2.71. The third kappa shape index (κ3) is 3.67. The SMILES string of the molecule is C[C@H](Oc1c(F)cc(Br)cc1F)[C@@H](O)c1ccc2c(c1)OC(F)(F)O2. The Labute approximate surface area is 148 Å². The van der Waals surface area contributed by atoms with Gasteiger partial charge in [-0.05, 0) is 36.8 Å². The quantitative estimate of drug-likeness (QED) is 0.734. The molecule has 0 saturated carbocycles. The first-order valence-electron chi connectivity index (χ1n) is 7.05. The smallest absolute Gasteiger partial charge is 0.482 e. The Morgan fingerprint density at radius 1 is 1.08 bits per heavy atom. The van der Waals surface area contributed by atoms with E-state index >= 15 is 0 Å². The largest absolute Gasteiger partial charge is 0.586 e. The highest BCUT2D eigenvalue weighted by atomic mass is 79.9. The number of alkyl halides is 2. The van der Waals surface area contributed by atoms with Gasteiger partial charge in [0.15, 0.2) is 28.9 Å². The monoisotopic (exact) mass is 422 g/mol. The summed E-state index contributed by atoms with van der Waals surface area (Å²) in [6, 6.07) is 5.69. The maximum Gasteiger partial charge on any atom is 0.586 e. The molecular formula is C16H11BrF4O4. The molecular weight excluding hydrogens is 412 g/mol. The van der Waals surface area contributed by atoms with Gasteiger partial charge in [-0.1, -0.05) is 22.0 Å². The Bertz CT molecular complexity index is 792. The summed E-state index contributed by atoms with van der Waals surface area (Å²) in [5.41, 5.74) is 0.158. The fourth-order valence-electron chi connectivity index (χ4n) is 2.31. The highest BCUT2D eigenvalue weighted by Crippen LogP contribution is 2.42. The molecule has 0 spiro atoms.